The number of hydrogen-bond donors (Lipinski definition) is 2. The number of aromatic nitrogens is 5. The maximum Gasteiger partial charge on any atom is 0.284 e. The smallest absolute Gasteiger partial charge is 0.284 e. The molecule has 2 aliphatic carbocycles. The van der Waals surface area contributed by atoms with Gasteiger partial charge >= 0.3 is 0 Å². The zero-order valence-corrected chi connectivity index (χ0v) is 19.1. The molecule has 2 saturated carbocycles. The Bertz CT molecular complexity index is 1230. The Morgan fingerprint density at radius 2 is 1.91 bits per heavy atom. The van der Waals surface area contributed by atoms with Gasteiger partial charge in [0, 0.05) is 25.5 Å². The first-order chi connectivity index (χ1) is 17.0. The van der Waals surface area contributed by atoms with E-state index in [1.165, 1.54) is 16.9 Å². The summed E-state index contributed by atoms with van der Waals surface area (Å²) >= 11 is 0. The fourth-order valence-electron chi connectivity index (χ4n) is 5.80. The van der Waals surface area contributed by atoms with E-state index in [0.717, 1.165) is 25.7 Å². The van der Waals surface area contributed by atoms with Crippen LogP contribution in [0, 0.1) is 11.8 Å². The van der Waals surface area contributed by atoms with Gasteiger partial charge < -0.3 is 20.1 Å². The highest BCUT2D eigenvalue weighted by molar-refractivity contribution is 6.08. The van der Waals surface area contributed by atoms with E-state index in [4.69, 9.17) is 4.74 Å². The Balaban J connectivity index is 1.24. The molecule has 2 N–H and O–H groups in total. The molecule has 2 atom stereocenters. The van der Waals surface area contributed by atoms with Crippen LogP contribution < -0.4 is 10.2 Å². The number of aliphatic hydroxyl groups excluding tert-OH is 1. The summed E-state index contributed by atoms with van der Waals surface area (Å²) in [6, 6.07) is 1.80. The molecule has 35 heavy (non-hydrogen) atoms. The van der Waals surface area contributed by atoms with Crippen molar-refractivity contribution in [1.82, 2.24) is 24.4 Å². The average Bonchev–Trinajstić information content (AvgIpc) is 3.60. The number of aliphatic hydroxyl groups is 1. The lowest BCUT2D eigenvalue weighted by Crippen LogP contribution is -2.36. The largest absolute Gasteiger partial charge is 0.393 e. The highest BCUT2D eigenvalue weighted by atomic mass is 19.3. The number of alkyl halides is 2. The number of rotatable bonds is 5. The summed E-state index contributed by atoms with van der Waals surface area (Å²) in [5.41, 5.74) is 0.0804. The predicted molar refractivity (Wildman–Crippen MR) is 122 cm³/mol. The second kappa shape index (κ2) is 8.83. The number of amides is 1. The third kappa shape index (κ3) is 4.14. The van der Waals surface area contributed by atoms with Crippen molar-refractivity contribution in [3.05, 3.63) is 35.9 Å². The van der Waals surface area contributed by atoms with Gasteiger partial charge in [-0.05, 0) is 43.6 Å². The molecule has 186 valence electrons. The molecular formula is C23H27F2N7O3. The van der Waals surface area contributed by atoms with Crippen LogP contribution in [0.25, 0.3) is 5.65 Å². The first-order valence-corrected chi connectivity index (χ1v) is 12.0. The second-order valence-corrected chi connectivity index (χ2v) is 9.65. The number of nitrogens with zero attached hydrogens (tertiary/aromatic N) is 6. The fraction of sp³-hybridized carbons (Fsp3) is 0.565. The van der Waals surface area contributed by atoms with Crippen molar-refractivity contribution in [2.45, 2.75) is 44.3 Å². The van der Waals surface area contributed by atoms with Crippen LogP contribution in [0.15, 0.2) is 24.7 Å². The fourth-order valence-corrected chi connectivity index (χ4v) is 5.80. The monoisotopic (exact) mass is 487 g/mol. The molecule has 3 aliphatic rings. The Kier molecular flexibility index (Phi) is 5.64. The maximum absolute atomic E-state index is 13.8. The molecule has 10 nitrogen and oxygen atoms in total. The lowest BCUT2D eigenvalue weighted by atomic mass is 10.0. The average molecular weight is 488 g/mol. The molecule has 0 spiro atoms. The summed E-state index contributed by atoms with van der Waals surface area (Å²) in [7, 11) is 0. The summed E-state index contributed by atoms with van der Waals surface area (Å²) in [6.45, 7) is 2.58. The van der Waals surface area contributed by atoms with Crippen LogP contribution in [-0.2, 0) is 4.74 Å². The van der Waals surface area contributed by atoms with Crippen molar-refractivity contribution < 1.29 is 23.4 Å². The van der Waals surface area contributed by atoms with Crippen LogP contribution in [0.1, 0.15) is 54.2 Å². The molecule has 1 amide bonds. The first-order valence-electron chi connectivity index (χ1n) is 12.0. The highest BCUT2D eigenvalue weighted by Gasteiger charge is 2.42. The molecule has 3 aromatic rings. The lowest BCUT2D eigenvalue weighted by molar-refractivity contribution is 0.102. The molecule has 1 aliphatic heterocycles. The number of morpholine rings is 1. The van der Waals surface area contributed by atoms with Gasteiger partial charge in [-0.15, -0.1) is 0 Å². The molecule has 4 heterocycles. The van der Waals surface area contributed by atoms with E-state index >= 15 is 0 Å². The van der Waals surface area contributed by atoms with Gasteiger partial charge in [0.15, 0.2) is 11.3 Å². The molecule has 3 aromatic heterocycles. The summed E-state index contributed by atoms with van der Waals surface area (Å²) < 4.78 is 36.1. The first kappa shape index (κ1) is 22.4. The number of nitrogens with one attached hydrogen (secondary N) is 1. The minimum absolute atomic E-state index is 0.00854. The zero-order valence-electron chi connectivity index (χ0n) is 19.1. The van der Waals surface area contributed by atoms with Gasteiger partial charge in [-0.1, -0.05) is 0 Å². The van der Waals surface area contributed by atoms with Gasteiger partial charge in [0.2, 0.25) is 0 Å². The molecule has 12 heteroatoms. The molecule has 3 fully saturated rings. The van der Waals surface area contributed by atoms with Crippen LogP contribution in [0.4, 0.5) is 20.3 Å². The number of carbonyl (C=O) groups excluding carboxylic acids is 1. The van der Waals surface area contributed by atoms with E-state index in [2.05, 4.69) is 25.4 Å². The summed E-state index contributed by atoms with van der Waals surface area (Å²) in [5.74, 6) is 0.906. The quantitative estimate of drug-likeness (QED) is 0.569. The number of carbonyl (C=O) groups is 1. The number of ether oxygens (including phenoxy) is 1. The maximum atomic E-state index is 13.8. The van der Waals surface area contributed by atoms with Crippen LogP contribution in [0.5, 0.6) is 0 Å². The SMILES string of the molecule is O=C(Nc1cn(C2CC3CC(O)CC3C2)nc1C(F)F)c1cnn2ccc(N3CCOCC3)nc12. The topological polar surface area (TPSA) is 110 Å². The summed E-state index contributed by atoms with van der Waals surface area (Å²) in [5, 5.41) is 20.8. The molecular weight excluding hydrogens is 460 g/mol. The van der Waals surface area contributed by atoms with E-state index in [-0.39, 0.29) is 23.4 Å². The molecule has 2 unspecified atom stereocenters. The van der Waals surface area contributed by atoms with Crippen molar-refractivity contribution in [3.63, 3.8) is 0 Å². The normalized spacial score (nSPS) is 26.6. The predicted octanol–water partition coefficient (Wildman–Crippen LogP) is 2.67. The van der Waals surface area contributed by atoms with E-state index in [1.807, 2.05) is 6.07 Å². The number of halogens is 2. The third-order valence-electron chi connectivity index (χ3n) is 7.49. The van der Waals surface area contributed by atoms with E-state index in [9.17, 15) is 18.7 Å². The van der Waals surface area contributed by atoms with Gasteiger partial charge in [-0.2, -0.15) is 10.2 Å². The van der Waals surface area contributed by atoms with Gasteiger partial charge in [-0.25, -0.2) is 18.3 Å². The van der Waals surface area contributed by atoms with Crippen molar-refractivity contribution >= 4 is 23.1 Å². The molecule has 0 radical (unpaired) electrons. The standard InChI is InChI=1S/C23H27F2N7O3/c24-21(25)20-18(12-32(29-20)15-7-13-9-16(33)10-14(13)8-15)27-23(34)17-11-26-31-2-1-19(28-22(17)31)30-3-5-35-6-4-30/h1-2,11-16,21,33H,3-10H2,(H,27,34). The van der Waals surface area contributed by atoms with Crippen LogP contribution in [-0.4, -0.2) is 67.8 Å². The molecule has 6 rings (SSSR count). The summed E-state index contributed by atoms with van der Waals surface area (Å²) in [6.07, 6.45) is 4.60. The van der Waals surface area contributed by atoms with Gasteiger partial charge in [0.1, 0.15) is 11.4 Å². The van der Waals surface area contributed by atoms with Gasteiger partial charge in [0.25, 0.3) is 12.3 Å². The van der Waals surface area contributed by atoms with E-state index < -0.39 is 18.0 Å². The Hall–Kier alpha value is -3.12. The Morgan fingerprint density at radius 1 is 1.17 bits per heavy atom. The number of hydrogen-bond acceptors (Lipinski definition) is 7. The van der Waals surface area contributed by atoms with E-state index in [1.54, 1.807) is 10.9 Å². The van der Waals surface area contributed by atoms with Crippen molar-refractivity contribution in [2.24, 2.45) is 11.8 Å². The van der Waals surface area contributed by atoms with Crippen molar-refractivity contribution in [2.75, 3.05) is 36.5 Å². The van der Waals surface area contributed by atoms with Crippen LogP contribution in [0.2, 0.25) is 0 Å². The summed E-state index contributed by atoms with van der Waals surface area (Å²) in [4.78, 5) is 19.8. The number of fused-ring (bicyclic) bond motifs is 2. The molecule has 0 bridgehead atoms. The van der Waals surface area contributed by atoms with Crippen LogP contribution in [0.3, 0.4) is 0 Å². The van der Waals surface area contributed by atoms with Crippen molar-refractivity contribution in [1.29, 1.82) is 0 Å². The van der Waals surface area contributed by atoms with Crippen molar-refractivity contribution in [3.8, 4) is 0 Å². The Labute approximate surface area is 199 Å². The third-order valence-corrected chi connectivity index (χ3v) is 7.49. The number of anilines is 2. The van der Waals surface area contributed by atoms with Crippen LogP contribution >= 0.6 is 0 Å². The second-order valence-electron chi connectivity index (χ2n) is 9.65. The van der Waals surface area contributed by atoms with Gasteiger partial charge in [-0.3, -0.25) is 9.48 Å². The van der Waals surface area contributed by atoms with E-state index in [0.29, 0.717) is 49.6 Å². The zero-order chi connectivity index (χ0) is 24.1. The highest BCUT2D eigenvalue weighted by Crippen LogP contribution is 2.49. The molecule has 1 saturated heterocycles. The minimum Gasteiger partial charge on any atom is -0.393 e. The minimum atomic E-state index is -2.83. The Morgan fingerprint density at radius 3 is 2.63 bits per heavy atom. The lowest BCUT2D eigenvalue weighted by Gasteiger charge is -2.27. The molecule has 0 aromatic carbocycles. The van der Waals surface area contributed by atoms with Gasteiger partial charge in [0.05, 0.1) is 37.2 Å².